The minimum absolute atomic E-state index is 0.00724. The number of ether oxygens (including phenoxy) is 1. The first kappa shape index (κ1) is 19.8. The Morgan fingerprint density at radius 3 is 2.33 bits per heavy atom. The van der Waals surface area contributed by atoms with Crippen LogP contribution in [0.5, 0.6) is 5.75 Å². The summed E-state index contributed by atoms with van der Waals surface area (Å²) in [6.45, 7) is 2.24. The second kappa shape index (κ2) is 9.31. The highest BCUT2D eigenvalue weighted by Crippen LogP contribution is 2.19. The number of nitrogens with zero attached hydrogens (tertiary/aromatic N) is 2. The Hall–Kier alpha value is -3.54. The summed E-state index contributed by atoms with van der Waals surface area (Å²) in [5, 5.41) is 5.20. The van der Waals surface area contributed by atoms with E-state index >= 15 is 0 Å². The number of carbonyl (C=O) groups excluding carboxylic acids is 2. The van der Waals surface area contributed by atoms with Crippen LogP contribution < -0.4 is 10.1 Å². The van der Waals surface area contributed by atoms with Crippen molar-refractivity contribution >= 4 is 28.4 Å². The van der Waals surface area contributed by atoms with Crippen molar-refractivity contribution in [2.45, 2.75) is 6.42 Å². The summed E-state index contributed by atoms with van der Waals surface area (Å²) < 4.78 is 5.57. The summed E-state index contributed by atoms with van der Waals surface area (Å²) in [7, 11) is 0. The molecule has 1 heterocycles. The smallest absolute Gasteiger partial charge is 0.321 e. The molecule has 0 radical (unpaired) electrons. The van der Waals surface area contributed by atoms with Crippen molar-refractivity contribution in [3.05, 3.63) is 72.8 Å². The minimum atomic E-state index is -0.139. The van der Waals surface area contributed by atoms with E-state index in [1.165, 1.54) is 0 Å². The molecule has 6 nitrogen and oxygen atoms in total. The molecule has 0 atom stereocenters. The van der Waals surface area contributed by atoms with Crippen LogP contribution in [0.3, 0.4) is 0 Å². The van der Waals surface area contributed by atoms with Gasteiger partial charge in [-0.25, -0.2) is 4.79 Å². The number of nitrogens with one attached hydrogen (secondary N) is 1. The van der Waals surface area contributed by atoms with E-state index in [2.05, 4.69) is 5.32 Å². The summed E-state index contributed by atoms with van der Waals surface area (Å²) in [4.78, 5) is 28.8. The van der Waals surface area contributed by atoms with Gasteiger partial charge in [0.1, 0.15) is 5.75 Å². The van der Waals surface area contributed by atoms with Crippen molar-refractivity contribution in [2.24, 2.45) is 0 Å². The molecule has 1 aliphatic heterocycles. The van der Waals surface area contributed by atoms with Gasteiger partial charge in [-0.2, -0.15) is 0 Å². The molecule has 3 amide bonds. The number of amides is 3. The van der Waals surface area contributed by atoms with E-state index in [-0.39, 0.29) is 18.5 Å². The molecule has 0 aliphatic carbocycles. The van der Waals surface area contributed by atoms with Crippen molar-refractivity contribution in [2.75, 3.05) is 38.1 Å². The average molecular weight is 403 g/mol. The number of urea groups is 1. The van der Waals surface area contributed by atoms with Crippen LogP contribution in [0, 0.1) is 0 Å². The average Bonchev–Trinajstić information content (AvgIpc) is 3.05. The fourth-order valence-electron chi connectivity index (χ4n) is 3.59. The number of benzene rings is 3. The third kappa shape index (κ3) is 4.89. The molecule has 6 heteroatoms. The molecule has 1 fully saturated rings. The molecule has 0 spiro atoms. The van der Waals surface area contributed by atoms with Gasteiger partial charge in [0.05, 0.1) is 0 Å². The van der Waals surface area contributed by atoms with E-state index in [9.17, 15) is 9.59 Å². The third-order valence-corrected chi connectivity index (χ3v) is 5.24. The lowest BCUT2D eigenvalue weighted by Gasteiger charge is -2.22. The lowest BCUT2D eigenvalue weighted by Crippen LogP contribution is -2.40. The predicted molar refractivity (Wildman–Crippen MR) is 118 cm³/mol. The molecule has 0 unspecified atom stereocenters. The summed E-state index contributed by atoms with van der Waals surface area (Å²) in [5.74, 6) is 0.618. The fraction of sp³-hybridized carbons (Fsp3) is 0.250. The molecule has 0 bridgehead atoms. The second-order valence-corrected chi connectivity index (χ2v) is 7.32. The van der Waals surface area contributed by atoms with E-state index < -0.39 is 0 Å². The second-order valence-electron chi connectivity index (χ2n) is 7.32. The van der Waals surface area contributed by atoms with E-state index in [1.807, 2.05) is 72.8 Å². The van der Waals surface area contributed by atoms with Crippen molar-refractivity contribution in [1.82, 2.24) is 9.80 Å². The topological polar surface area (TPSA) is 61.9 Å². The highest BCUT2D eigenvalue weighted by molar-refractivity contribution is 5.93. The van der Waals surface area contributed by atoms with Gasteiger partial charge >= 0.3 is 6.03 Å². The molecule has 1 aliphatic rings. The number of hydrogen-bond donors (Lipinski definition) is 1. The highest BCUT2D eigenvalue weighted by atomic mass is 16.5. The lowest BCUT2D eigenvalue weighted by atomic mass is 10.1. The number of para-hydroxylation sites is 1. The first-order valence-corrected chi connectivity index (χ1v) is 10.2. The Kier molecular flexibility index (Phi) is 6.13. The highest BCUT2D eigenvalue weighted by Gasteiger charge is 2.22. The SMILES string of the molecule is O=C(COc1ccccc1)N1CCCN(C(=O)Nc2ccc3ccccc3c2)CC1. The molecular weight excluding hydrogens is 378 g/mol. The van der Waals surface area contributed by atoms with E-state index in [4.69, 9.17) is 4.74 Å². The standard InChI is InChI=1S/C24H25N3O3/c28-23(18-30-22-9-2-1-3-10-22)26-13-6-14-27(16-15-26)24(29)25-21-12-11-19-7-4-5-8-20(19)17-21/h1-5,7-12,17H,6,13-16,18H2,(H,25,29). The van der Waals surface area contributed by atoms with Crippen molar-refractivity contribution in [3.8, 4) is 5.75 Å². The van der Waals surface area contributed by atoms with E-state index in [1.54, 1.807) is 9.80 Å². The molecule has 1 N–H and O–H groups in total. The fourth-order valence-corrected chi connectivity index (χ4v) is 3.59. The van der Waals surface area contributed by atoms with Crippen LogP contribution >= 0.6 is 0 Å². The molecule has 3 aromatic rings. The molecule has 154 valence electrons. The Morgan fingerprint density at radius 2 is 1.50 bits per heavy atom. The van der Waals surface area contributed by atoms with Gasteiger partial charge in [0, 0.05) is 31.9 Å². The zero-order chi connectivity index (χ0) is 20.8. The van der Waals surface area contributed by atoms with Crippen LogP contribution in [0.25, 0.3) is 10.8 Å². The molecule has 4 rings (SSSR count). The minimum Gasteiger partial charge on any atom is -0.484 e. The first-order valence-electron chi connectivity index (χ1n) is 10.2. The summed E-state index contributed by atoms with van der Waals surface area (Å²) in [6.07, 6.45) is 0.738. The monoisotopic (exact) mass is 403 g/mol. The van der Waals surface area contributed by atoms with Crippen LogP contribution in [-0.2, 0) is 4.79 Å². The van der Waals surface area contributed by atoms with Gasteiger partial charge in [-0.05, 0) is 41.5 Å². The van der Waals surface area contributed by atoms with Gasteiger partial charge in [0.2, 0.25) is 0 Å². The van der Waals surface area contributed by atoms with Gasteiger partial charge in [-0.15, -0.1) is 0 Å². The predicted octanol–water partition coefficient (Wildman–Crippen LogP) is 3.99. The van der Waals surface area contributed by atoms with Crippen LogP contribution in [-0.4, -0.2) is 54.5 Å². The zero-order valence-electron chi connectivity index (χ0n) is 16.8. The van der Waals surface area contributed by atoms with Crippen LogP contribution in [0.2, 0.25) is 0 Å². The molecule has 1 saturated heterocycles. The maximum atomic E-state index is 12.7. The summed E-state index contributed by atoms with van der Waals surface area (Å²) in [6, 6.07) is 23.1. The third-order valence-electron chi connectivity index (χ3n) is 5.24. The molecule has 0 aromatic heterocycles. The van der Waals surface area contributed by atoms with Gasteiger partial charge in [0.15, 0.2) is 6.61 Å². The Morgan fingerprint density at radius 1 is 0.800 bits per heavy atom. The zero-order valence-corrected chi connectivity index (χ0v) is 16.8. The lowest BCUT2D eigenvalue weighted by molar-refractivity contribution is -0.133. The van der Waals surface area contributed by atoms with Crippen molar-refractivity contribution < 1.29 is 14.3 Å². The molecular formula is C24H25N3O3. The largest absolute Gasteiger partial charge is 0.484 e. The number of fused-ring (bicyclic) bond motifs is 1. The van der Waals surface area contributed by atoms with Gasteiger partial charge < -0.3 is 19.9 Å². The van der Waals surface area contributed by atoms with Gasteiger partial charge in [-0.3, -0.25) is 4.79 Å². The first-order chi connectivity index (χ1) is 14.7. The van der Waals surface area contributed by atoms with Crippen LogP contribution in [0.15, 0.2) is 72.8 Å². The maximum absolute atomic E-state index is 12.7. The maximum Gasteiger partial charge on any atom is 0.321 e. The summed E-state index contributed by atoms with van der Waals surface area (Å²) in [5.41, 5.74) is 0.771. The van der Waals surface area contributed by atoms with Crippen molar-refractivity contribution in [3.63, 3.8) is 0 Å². The molecule has 30 heavy (non-hydrogen) atoms. The Labute approximate surface area is 176 Å². The molecule has 0 saturated carbocycles. The van der Waals surface area contributed by atoms with E-state index in [0.29, 0.717) is 31.9 Å². The van der Waals surface area contributed by atoms with Gasteiger partial charge in [-0.1, -0.05) is 48.5 Å². The van der Waals surface area contributed by atoms with E-state index in [0.717, 1.165) is 22.9 Å². The normalized spacial score (nSPS) is 14.3. The van der Waals surface area contributed by atoms with Gasteiger partial charge in [0.25, 0.3) is 5.91 Å². The summed E-state index contributed by atoms with van der Waals surface area (Å²) >= 11 is 0. The Balaban J connectivity index is 1.30. The number of anilines is 1. The quantitative estimate of drug-likeness (QED) is 0.717. The molecule has 3 aromatic carbocycles. The Bertz CT molecular complexity index is 1020. The van der Waals surface area contributed by atoms with Crippen LogP contribution in [0.1, 0.15) is 6.42 Å². The number of hydrogen-bond acceptors (Lipinski definition) is 3. The van der Waals surface area contributed by atoms with Crippen molar-refractivity contribution in [1.29, 1.82) is 0 Å². The van der Waals surface area contributed by atoms with Crippen LogP contribution in [0.4, 0.5) is 10.5 Å². The number of carbonyl (C=O) groups is 2. The number of rotatable bonds is 4.